The summed E-state index contributed by atoms with van der Waals surface area (Å²) in [7, 11) is 0. The quantitative estimate of drug-likeness (QED) is 0.840. The molecule has 0 spiro atoms. The van der Waals surface area contributed by atoms with E-state index in [0.29, 0.717) is 12.6 Å². The normalized spacial score (nSPS) is 15.1. The van der Waals surface area contributed by atoms with Crippen molar-refractivity contribution < 1.29 is 4.74 Å². The third-order valence-electron chi connectivity index (χ3n) is 4.37. The lowest BCUT2D eigenvalue weighted by Crippen LogP contribution is -2.25. The molecule has 0 bridgehead atoms. The lowest BCUT2D eigenvalue weighted by atomic mass is 10.1. The summed E-state index contributed by atoms with van der Waals surface area (Å²) < 4.78 is 5.92. The Morgan fingerprint density at radius 1 is 1.00 bits per heavy atom. The summed E-state index contributed by atoms with van der Waals surface area (Å²) in [5.74, 6) is 0.950. The molecule has 2 aromatic carbocycles. The Balaban J connectivity index is 1.52. The maximum Gasteiger partial charge on any atom is 0.120 e. The molecule has 0 saturated heterocycles. The molecule has 1 saturated carbocycles. The first kappa shape index (κ1) is 15.1. The lowest BCUT2D eigenvalue weighted by molar-refractivity contribution is 0.306. The molecule has 116 valence electrons. The Morgan fingerprint density at radius 2 is 1.77 bits per heavy atom. The van der Waals surface area contributed by atoms with Crippen LogP contribution in [0.4, 0.5) is 0 Å². The molecule has 1 fully saturated rings. The van der Waals surface area contributed by atoms with Crippen molar-refractivity contribution in [2.24, 2.45) is 0 Å². The standard InChI is InChI=1S/C20H25NO/c1-16-9-11-17(12-10-16)15-22-20-8-4-5-18(13-20)14-21-19-6-2-3-7-19/h4-5,8-13,19,21H,2-3,6-7,14-15H2,1H3. The fourth-order valence-electron chi connectivity index (χ4n) is 2.99. The molecule has 0 heterocycles. The molecule has 0 aromatic heterocycles. The first-order valence-electron chi connectivity index (χ1n) is 8.30. The second kappa shape index (κ2) is 7.46. The highest BCUT2D eigenvalue weighted by molar-refractivity contribution is 5.29. The summed E-state index contributed by atoms with van der Waals surface area (Å²) in [6, 6.07) is 17.6. The summed E-state index contributed by atoms with van der Waals surface area (Å²) in [6.45, 7) is 3.66. The number of hydrogen-bond acceptors (Lipinski definition) is 2. The topological polar surface area (TPSA) is 21.3 Å². The highest BCUT2D eigenvalue weighted by Gasteiger charge is 2.13. The van der Waals surface area contributed by atoms with Gasteiger partial charge in [-0.15, -0.1) is 0 Å². The molecule has 0 amide bonds. The third kappa shape index (κ3) is 4.35. The van der Waals surface area contributed by atoms with Crippen LogP contribution in [0.2, 0.25) is 0 Å². The molecule has 1 aliphatic carbocycles. The van der Waals surface area contributed by atoms with E-state index in [1.807, 2.05) is 6.07 Å². The van der Waals surface area contributed by atoms with E-state index >= 15 is 0 Å². The number of hydrogen-bond donors (Lipinski definition) is 1. The van der Waals surface area contributed by atoms with Crippen LogP contribution in [0.5, 0.6) is 5.75 Å². The second-order valence-corrected chi connectivity index (χ2v) is 6.28. The third-order valence-corrected chi connectivity index (χ3v) is 4.37. The fourth-order valence-corrected chi connectivity index (χ4v) is 2.99. The van der Waals surface area contributed by atoms with Gasteiger partial charge in [-0.1, -0.05) is 54.8 Å². The van der Waals surface area contributed by atoms with Crippen LogP contribution in [-0.4, -0.2) is 6.04 Å². The number of nitrogens with one attached hydrogen (secondary N) is 1. The zero-order valence-electron chi connectivity index (χ0n) is 13.3. The van der Waals surface area contributed by atoms with Gasteiger partial charge in [0.1, 0.15) is 12.4 Å². The summed E-state index contributed by atoms with van der Waals surface area (Å²) in [6.07, 6.45) is 5.39. The Labute approximate surface area is 133 Å². The predicted molar refractivity (Wildman–Crippen MR) is 91.0 cm³/mol. The highest BCUT2D eigenvalue weighted by atomic mass is 16.5. The fraction of sp³-hybridized carbons (Fsp3) is 0.400. The molecule has 3 rings (SSSR count). The van der Waals surface area contributed by atoms with Crippen LogP contribution in [0.1, 0.15) is 42.4 Å². The predicted octanol–water partition coefficient (Wildman–Crippen LogP) is 4.61. The van der Waals surface area contributed by atoms with Crippen molar-refractivity contribution in [1.82, 2.24) is 5.32 Å². The van der Waals surface area contributed by atoms with Crippen molar-refractivity contribution in [3.8, 4) is 5.75 Å². The van der Waals surface area contributed by atoms with Crippen LogP contribution >= 0.6 is 0 Å². The summed E-state index contributed by atoms with van der Waals surface area (Å²) in [5.41, 5.74) is 3.79. The van der Waals surface area contributed by atoms with E-state index in [1.54, 1.807) is 0 Å². The van der Waals surface area contributed by atoms with E-state index in [2.05, 4.69) is 54.7 Å². The van der Waals surface area contributed by atoms with E-state index < -0.39 is 0 Å². The monoisotopic (exact) mass is 295 g/mol. The van der Waals surface area contributed by atoms with Crippen LogP contribution in [0.15, 0.2) is 48.5 Å². The van der Waals surface area contributed by atoms with Gasteiger partial charge >= 0.3 is 0 Å². The number of ether oxygens (including phenoxy) is 1. The summed E-state index contributed by atoms with van der Waals surface area (Å²) in [5, 5.41) is 3.65. The zero-order valence-corrected chi connectivity index (χ0v) is 13.3. The molecule has 2 aromatic rings. The van der Waals surface area contributed by atoms with Crippen LogP contribution in [0.3, 0.4) is 0 Å². The maximum absolute atomic E-state index is 5.92. The molecule has 22 heavy (non-hydrogen) atoms. The first-order chi connectivity index (χ1) is 10.8. The van der Waals surface area contributed by atoms with E-state index in [1.165, 1.54) is 42.4 Å². The molecule has 2 nitrogen and oxygen atoms in total. The molecular formula is C20H25NO. The Bertz CT molecular complexity index is 585. The molecule has 0 radical (unpaired) electrons. The van der Waals surface area contributed by atoms with Gasteiger partial charge in [0.2, 0.25) is 0 Å². The number of benzene rings is 2. The molecule has 1 aliphatic rings. The summed E-state index contributed by atoms with van der Waals surface area (Å²) in [4.78, 5) is 0. The van der Waals surface area contributed by atoms with Gasteiger partial charge in [0.15, 0.2) is 0 Å². The van der Waals surface area contributed by atoms with Gasteiger partial charge in [-0.3, -0.25) is 0 Å². The van der Waals surface area contributed by atoms with Gasteiger partial charge in [-0.05, 0) is 43.0 Å². The van der Waals surface area contributed by atoms with E-state index in [9.17, 15) is 0 Å². The number of aryl methyl sites for hydroxylation is 1. The van der Waals surface area contributed by atoms with Crippen molar-refractivity contribution in [2.45, 2.75) is 51.8 Å². The smallest absolute Gasteiger partial charge is 0.120 e. The molecule has 0 aliphatic heterocycles. The number of rotatable bonds is 6. The minimum atomic E-state index is 0.625. The van der Waals surface area contributed by atoms with E-state index in [4.69, 9.17) is 4.74 Å². The van der Waals surface area contributed by atoms with Crippen molar-refractivity contribution >= 4 is 0 Å². The Morgan fingerprint density at radius 3 is 2.55 bits per heavy atom. The van der Waals surface area contributed by atoms with Gasteiger partial charge in [0.05, 0.1) is 0 Å². The van der Waals surface area contributed by atoms with Gasteiger partial charge in [-0.2, -0.15) is 0 Å². The first-order valence-corrected chi connectivity index (χ1v) is 8.30. The van der Waals surface area contributed by atoms with Gasteiger partial charge in [0.25, 0.3) is 0 Å². The average molecular weight is 295 g/mol. The SMILES string of the molecule is Cc1ccc(COc2cccc(CNC3CCCC3)c2)cc1. The van der Waals surface area contributed by atoms with E-state index in [-0.39, 0.29) is 0 Å². The Kier molecular flexibility index (Phi) is 5.12. The van der Waals surface area contributed by atoms with Crippen LogP contribution in [-0.2, 0) is 13.2 Å². The van der Waals surface area contributed by atoms with Crippen LogP contribution in [0, 0.1) is 6.92 Å². The van der Waals surface area contributed by atoms with Crippen LogP contribution < -0.4 is 10.1 Å². The largest absolute Gasteiger partial charge is 0.489 e. The summed E-state index contributed by atoms with van der Waals surface area (Å²) >= 11 is 0. The van der Waals surface area contributed by atoms with Crippen molar-refractivity contribution in [2.75, 3.05) is 0 Å². The molecule has 1 N–H and O–H groups in total. The lowest BCUT2D eigenvalue weighted by Gasteiger charge is -2.13. The van der Waals surface area contributed by atoms with Crippen molar-refractivity contribution in [3.05, 3.63) is 65.2 Å². The highest BCUT2D eigenvalue weighted by Crippen LogP contribution is 2.19. The Hall–Kier alpha value is -1.80. The average Bonchev–Trinajstić information content (AvgIpc) is 3.06. The molecular weight excluding hydrogens is 270 g/mol. The van der Waals surface area contributed by atoms with Crippen molar-refractivity contribution in [1.29, 1.82) is 0 Å². The molecule has 0 unspecified atom stereocenters. The van der Waals surface area contributed by atoms with Gasteiger partial charge in [0, 0.05) is 12.6 Å². The van der Waals surface area contributed by atoms with Gasteiger partial charge < -0.3 is 10.1 Å². The van der Waals surface area contributed by atoms with E-state index in [0.717, 1.165) is 12.3 Å². The zero-order chi connectivity index (χ0) is 15.2. The van der Waals surface area contributed by atoms with Crippen LogP contribution in [0.25, 0.3) is 0 Å². The molecule has 0 atom stereocenters. The minimum absolute atomic E-state index is 0.625. The second-order valence-electron chi connectivity index (χ2n) is 6.28. The maximum atomic E-state index is 5.92. The molecule has 2 heteroatoms. The van der Waals surface area contributed by atoms with Crippen molar-refractivity contribution in [3.63, 3.8) is 0 Å². The van der Waals surface area contributed by atoms with Gasteiger partial charge in [-0.25, -0.2) is 0 Å². The minimum Gasteiger partial charge on any atom is -0.489 e.